The van der Waals surface area contributed by atoms with Crippen molar-refractivity contribution < 1.29 is 27.5 Å². The second kappa shape index (κ2) is 12.4. The fourth-order valence-corrected chi connectivity index (χ4v) is 3.98. The van der Waals surface area contributed by atoms with E-state index in [-0.39, 0.29) is 18.1 Å². The summed E-state index contributed by atoms with van der Waals surface area (Å²) >= 11 is 0. The maximum atomic E-state index is 12.4. The summed E-state index contributed by atoms with van der Waals surface area (Å²) in [4.78, 5) is 39.4. The molecule has 12 heteroatoms. The zero-order chi connectivity index (χ0) is 26.2. The lowest BCUT2D eigenvalue weighted by Crippen LogP contribution is -2.51. The third-order valence-electron chi connectivity index (χ3n) is 4.81. The Bertz CT molecular complexity index is 1170. The van der Waals surface area contributed by atoms with Gasteiger partial charge in [0.2, 0.25) is 5.91 Å². The number of aromatic amines is 1. The molecule has 0 spiro atoms. The smallest absolute Gasteiger partial charge is 0.268 e. The van der Waals surface area contributed by atoms with Crippen molar-refractivity contribution in [2.24, 2.45) is 11.8 Å². The summed E-state index contributed by atoms with van der Waals surface area (Å²) in [6, 6.07) is 6.89. The van der Waals surface area contributed by atoms with E-state index in [1.807, 2.05) is 0 Å². The number of aromatic nitrogens is 1. The van der Waals surface area contributed by atoms with Gasteiger partial charge in [-0.05, 0) is 30.5 Å². The number of hydrazine groups is 1. The number of hydrogen-bond donors (Lipinski definition) is 4. The lowest BCUT2D eigenvalue weighted by molar-refractivity contribution is -0.126. The highest BCUT2D eigenvalue weighted by Gasteiger charge is 2.31. The van der Waals surface area contributed by atoms with Crippen LogP contribution in [0.25, 0.3) is 10.9 Å². The molecule has 1 saturated heterocycles. The molecule has 192 valence electrons. The number of rotatable bonds is 9. The van der Waals surface area contributed by atoms with Gasteiger partial charge in [-0.1, -0.05) is 33.4 Å². The first-order chi connectivity index (χ1) is 16.5. The van der Waals surface area contributed by atoms with E-state index in [4.69, 9.17) is 4.74 Å². The summed E-state index contributed by atoms with van der Waals surface area (Å²) in [5.41, 5.74) is 3.12. The number of fused-ring (bicyclic) bond motifs is 1. The Morgan fingerprint density at radius 1 is 1.31 bits per heavy atom. The van der Waals surface area contributed by atoms with Gasteiger partial charge < -0.3 is 20.4 Å². The fourth-order valence-electron chi connectivity index (χ4n) is 3.18. The number of H-pyrrole nitrogens is 1. The molecule has 4 N–H and O–H groups in total. The van der Waals surface area contributed by atoms with Crippen LogP contribution in [0.1, 0.15) is 37.7 Å². The number of methoxy groups -OCH3 is 1. The molecular formula is C23H33N5O6S. The minimum absolute atomic E-state index is 0.213. The van der Waals surface area contributed by atoms with Gasteiger partial charge >= 0.3 is 0 Å². The summed E-state index contributed by atoms with van der Waals surface area (Å²) in [5, 5.41) is 6.41. The van der Waals surface area contributed by atoms with Crippen LogP contribution in [-0.2, 0) is 19.6 Å². The molecule has 0 aliphatic carbocycles. The molecule has 3 amide bonds. The molecule has 1 aromatic heterocycles. The summed E-state index contributed by atoms with van der Waals surface area (Å²) in [6.07, 6.45) is 0.443. The van der Waals surface area contributed by atoms with E-state index in [0.717, 1.165) is 5.92 Å². The van der Waals surface area contributed by atoms with E-state index in [2.05, 4.69) is 48.4 Å². The van der Waals surface area contributed by atoms with Crippen molar-refractivity contribution in [3.63, 3.8) is 0 Å². The number of hydrogen-bond acceptors (Lipinski definition) is 6. The molecule has 0 radical (unpaired) electrons. The summed E-state index contributed by atoms with van der Waals surface area (Å²) < 4.78 is 30.3. The Kier molecular flexibility index (Phi) is 9.84. The topological polar surface area (TPSA) is 150 Å². The molecule has 0 unspecified atom stereocenters. The van der Waals surface area contributed by atoms with Crippen LogP contribution in [-0.4, -0.2) is 62.3 Å². The van der Waals surface area contributed by atoms with Crippen LogP contribution in [0.15, 0.2) is 36.3 Å². The van der Waals surface area contributed by atoms with Crippen molar-refractivity contribution in [2.45, 2.75) is 27.2 Å². The summed E-state index contributed by atoms with van der Waals surface area (Å²) in [7, 11) is -2.51. The zero-order valence-corrected chi connectivity index (χ0v) is 21.2. The minimum Gasteiger partial charge on any atom is -0.496 e. The second-order valence-electron chi connectivity index (χ2n) is 8.57. The minimum atomic E-state index is -4.03. The second-order valence-corrected chi connectivity index (χ2v) is 10.4. The van der Waals surface area contributed by atoms with Gasteiger partial charge in [0.05, 0.1) is 19.6 Å². The van der Waals surface area contributed by atoms with Gasteiger partial charge in [0.15, 0.2) is 0 Å². The number of sulfonamides is 1. The molecule has 0 saturated carbocycles. The van der Waals surface area contributed by atoms with Gasteiger partial charge in [-0.25, -0.2) is 8.42 Å². The Morgan fingerprint density at radius 2 is 2.00 bits per heavy atom. The van der Waals surface area contributed by atoms with Crippen LogP contribution >= 0.6 is 0 Å². The maximum Gasteiger partial charge on any atom is 0.268 e. The van der Waals surface area contributed by atoms with Crippen molar-refractivity contribution in [3.05, 3.63) is 41.9 Å². The van der Waals surface area contributed by atoms with E-state index < -0.39 is 34.3 Å². The highest BCUT2D eigenvalue weighted by Crippen LogP contribution is 2.25. The Morgan fingerprint density at radius 3 is 2.57 bits per heavy atom. The van der Waals surface area contributed by atoms with Gasteiger partial charge in [-0.15, -0.1) is 4.41 Å². The average Bonchev–Trinajstić information content (AvgIpc) is 3.42. The van der Waals surface area contributed by atoms with E-state index >= 15 is 0 Å². The standard InChI is InChI=1S/C19H23N5O6S.C4H10/c1-3-31(28,29)24(11-12-7-8-20-18(12)26)23-17(25)10-21-19(27)15-9-13-14(22-15)5-4-6-16(13)30-2;1-4(2)3/h3-6,9,12,22H,1,7-8,10-11H2,2H3,(H,20,26)(H,21,27)(H,23,25);4H,1-3H3/t12-;/m0./s1. The highest BCUT2D eigenvalue weighted by molar-refractivity contribution is 7.91. The summed E-state index contributed by atoms with van der Waals surface area (Å²) in [5.74, 6) is -0.786. The van der Waals surface area contributed by atoms with Crippen LogP contribution in [0.3, 0.4) is 0 Å². The van der Waals surface area contributed by atoms with E-state index in [9.17, 15) is 22.8 Å². The lowest BCUT2D eigenvalue weighted by Gasteiger charge is -2.23. The van der Waals surface area contributed by atoms with Crippen molar-refractivity contribution >= 4 is 38.6 Å². The Balaban J connectivity index is 0.00000100. The van der Waals surface area contributed by atoms with Crippen LogP contribution in [0.4, 0.5) is 0 Å². The Labute approximate surface area is 205 Å². The van der Waals surface area contributed by atoms with Crippen LogP contribution < -0.4 is 20.8 Å². The SMILES string of the molecule is C=CS(=O)(=O)N(C[C@@H]1CCNC1=O)NC(=O)CNC(=O)c1cc2c(OC)cccc2[nH]1.CC(C)C. The number of nitrogens with zero attached hydrogens (tertiary/aromatic N) is 1. The Hall–Kier alpha value is -3.38. The number of benzene rings is 1. The van der Waals surface area contributed by atoms with Crippen LogP contribution in [0.5, 0.6) is 5.75 Å². The lowest BCUT2D eigenvalue weighted by atomic mass is 10.1. The third-order valence-corrected chi connectivity index (χ3v) is 6.09. The van der Waals surface area contributed by atoms with Gasteiger partial charge in [0.1, 0.15) is 11.4 Å². The van der Waals surface area contributed by atoms with E-state index in [0.29, 0.717) is 39.4 Å². The van der Waals surface area contributed by atoms with Gasteiger partial charge in [0.25, 0.3) is 21.8 Å². The van der Waals surface area contributed by atoms with Crippen LogP contribution in [0.2, 0.25) is 0 Å². The van der Waals surface area contributed by atoms with Gasteiger partial charge in [-0.2, -0.15) is 0 Å². The molecule has 3 rings (SSSR count). The number of amides is 3. The predicted octanol–water partition coefficient (Wildman–Crippen LogP) is 1.51. The highest BCUT2D eigenvalue weighted by atomic mass is 32.2. The van der Waals surface area contributed by atoms with Crippen molar-refractivity contribution in [1.82, 2.24) is 25.5 Å². The van der Waals surface area contributed by atoms with E-state index in [1.54, 1.807) is 24.3 Å². The molecule has 0 bridgehead atoms. The van der Waals surface area contributed by atoms with Gasteiger partial charge in [-0.3, -0.25) is 19.8 Å². The number of ether oxygens (including phenoxy) is 1. The first-order valence-electron chi connectivity index (χ1n) is 11.1. The van der Waals surface area contributed by atoms with Gasteiger partial charge in [0, 0.05) is 29.4 Å². The molecule has 1 aliphatic heterocycles. The molecule has 1 aromatic carbocycles. The number of carbonyl (C=O) groups is 3. The molecule has 1 aliphatic rings. The van der Waals surface area contributed by atoms with Crippen molar-refractivity contribution in [1.29, 1.82) is 0 Å². The average molecular weight is 508 g/mol. The molecule has 35 heavy (non-hydrogen) atoms. The van der Waals surface area contributed by atoms with Crippen LogP contribution in [0, 0.1) is 11.8 Å². The fraction of sp³-hybridized carbons (Fsp3) is 0.435. The molecule has 1 atom stereocenters. The first kappa shape index (κ1) is 27.9. The number of carbonyl (C=O) groups excluding carboxylic acids is 3. The largest absolute Gasteiger partial charge is 0.496 e. The predicted molar refractivity (Wildman–Crippen MR) is 133 cm³/mol. The monoisotopic (exact) mass is 507 g/mol. The molecular weight excluding hydrogens is 474 g/mol. The zero-order valence-electron chi connectivity index (χ0n) is 20.4. The van der Waals surface area contributed by atoms with E-state index in [1.165, 1.54) is 7.11 Å². The molecule has 11 nitrogen and oxygen atoms in total. The maximum absolute atomic E-state index is 12.4. The third kappa shape index (κ3) is 7.82. The van der Waals surface area contributed by atoms with Crippen molar-refractivity contribution in [3.8, 4) is 5.75 Å². The number of nitrogens with one attached hydrogen (secondary N) is 4. The normalized spacial score (nSPS) is 15.4. The molecule has 2 heterocycles. The van der Waals surface area contributed by atoms with Crippen molar-refractivity contribution in [2.75, 3.05) is 26.7 Å². The molecule has 2 aromatic rings. The first-order valence-corrected chi connectivity index (χ1v) is 12.6. The molecule has 1 fully saturated rings. The summed E-state index contributed by atoms with van der Waals surface area (Å²) in [6.45, 7) is 9.46. The quantitative estimate of drug-likeness (QED) is 0.378.